The van der Waals surface area contributed by atoms with E-state index in [4.69, 9.17) is 5.11 Å². The Morgan fingerprint density at radius 1 is 1.59 bits per heavy atom. The number of aromatic amines is 1. The third-order valence-corrected chi connectivity index (χ3v) is 3.63. The summed E-state index contributed by atoms with van der Waals surface area (Å²) in [7, 11) is -3.43. The number of nitrogens with zero attached hydrogens (tertiary/aromatic N) is 1. The average Bonchev–Trinajstić information content (AvgIpc) is 2.60. The molecule has 0 atom stereocenters. The Labute approximate surface area is 99.3 Å². The molecule has 17 heavy (non-hydrogen) atoms. The maximum Gasteiger partial charge on any atom is 0.303 e. The molecule has 0 radical (unpaired) electrons. The Morgan fingerprint density at radius 3 is 2.82 bits per heavy atom. The van der Waals surface area contributed by atoms with Gasteiger partial charge in [-0.05, 0) is 13.3 Å². The van der Waals surface area contributed by atoms with Gasteiger partial charge in [-0.15, -0.1) is 0 Å². The minimum atomic E-state index is -3.43. The number of carboxylic acid groups (broad SMARTS) is 1. The maximum absolute atomic E-state index is 11.5. The van der Waals surface area contributed by atoms with Crippen molar-refractivity contribution in [2.45, 2.75) is 26.3 Å². The molecule has 0 unspecified atom stereocenters. The van der Waals surface area contributed by atoms with Crippen molar-refractivity contribution in [3.8, 4) is 0 Å². The van der Waals surface area contributed by atoms with E-state index >= 15 is 0 Å². The van der Waals surface area contributed by atoms with Gasteiger partial charge in [-0.25, -0.2) is 13.1 Å². The van der Waals surface area contributed by atoms with Crippen molar-refractivity contribution in [2.75, 3.05) is 5.75 Å². The molecule has 0 amide bonds. The fourth-order valence-corrected chi connectivity index (χ4v) is 2.27. The molecule has 0 saturated heterocycles. The van der Waals surface area contributed by atoms with E-state index in [9.17, 15) is 13.2 Å². The molecule has 0 aliphatic heterocycles. The van der Waals surface area contributed by atoms with Crippen LogP contribution >= 0.6 is 0 Å². The molecule has 0 saturated carbocycles. The predicted octanol–water partition coefficient (Wildman–Crippen LogP) is 0.00232. The first kappa shape index (κ1) is 13.7. The first-order valence-electron chi connectivity index (χ1n) is 5.09. The van der Waals surface area contributed by atoms with Gasteiger partial charge in [0.15, 0.2) is 0 Å². The second-order valence-corrected chi connectivity index (χ2v) is 5.58. The Hall–Kier alpha value is -1.41. The molecule has 0 fully saturated rings. The zero-order chi connectivity index (χ0) is 12.9. The summed E-state index contributed by atoms with van der Waals surface area (Å²) in [4.78, 5) is 10.2. The van der Waals surface area contributed by atoms with Crippen LogP contribution in [0.3, 0.4) is 0 Å². The van der Waals surface area contributed by atoms with Crippen molar-refractivity contribution in [1.82, 2.24) is 14.9 Å². The van der Waals surface area contributed by atoms with Crippen molar-refractivity contribution >= 4 is 16.0 Å². The highest BCUT2D eigenvalue weighted by molar-refractivity contribution is 7.89. The van der Waals surface area contributed by atoms with E-state index in [0.29, 0.717) is 0 Å². The third kappa shape index (κ3) is 4.96. The molecular formula is C9H15N3O4S. The molecule has 3 N–H and O–H groups in total. The number of aromatic nitrogens is 2. The van der Waals surface area contributed by atoms with E-state index in [1.165, 1.54) is 0 Å². The van der Waals surface area contributed by atoms with E-state index in [2.05, 4.69) is 14.9 Å². The van der Waals surface area contributed by atoms with E-state index < -0.39 is 16.0 Å². The van der Waals surface area contributed by atoms with Gasteiger partial charge < -0.3 is 5.11 Å². The molecule has 0 aromatic carbocycles. The molecule has 0 aliphatic carbocycles. The highest BCUT2D eigenvalue weighted by Gasteiger charge is 2.12. The zero-order valence-electron chi connectivity index (χ0n) is 9.43. The number of rotatable bonds is 7. The molecule has 1 rings (SSSR count). The predicted molar refractivity (Wildman–Crippen MR) is 60.8 cm³/mol. The van der Waals surface area contributed by atoms with Crippen LogP contribution in [-0.4, -0.2) is 35.4 Å². The van der Waals surface area contributed by atoms with Gasteiger partial charge in [-0.2, -0.15) is 5.10 Å². The van der Waals surface area contributed by atoms with Crippen molar-refractivity contribution in [1.29, 1.82) is 0 Å². The Morgan fingerprint density at radius 2 is 2.29 bits per heavy atom. The summed E-state index contributed by atoms with van der Waals surface area (Å²) in [6.45, 7) is 1.96. The molecule has 7 nitrogen and oxygen atoms in total. The topological polar surface area (TPSA) is 112 Å². The Balaban J connectivity index is 2.40. The summed E-state index contributed by atoms with van der Waals surface area (Å²) in [5.74, 6) is -1.18. The van der Waals surface area contributed by atoms with Crippen LogP contribution in [0.5, 0.6) is 0 Å². The van der Waals surface area contributed by atoms with Gasteiger partial charge in [0.1, 0.15) is 0 Å². The number of carbonyl (C=O) groups is 1. The molecule has 96 valence electrons. The lowest BCUT2D eigenvalue weighted by Crippen LogP contribution is -2.26. The van der Waals surface area contributed by atoms with Gasteiger partial charge >= 0.3 is 5.97 Å². The highest BCUT2D eigenvalue weighted by atomic mass is 32.2. The fraction of sp³-hybridized carbons (Fsp3) is 0.556. The lowest BCUT2D eigenvalue weighted by molar-refractivity contribution is -0.137. The summed E-state index contributed by atoms with van der Waals surface area (Å²) < 4.78 is 25.4. The smallest absolute Gasteiger partial charge is 0.303 e. The number of hydrogen-bond donors (Lipinski definition) is 3. The molecule has 1 aromatic rings. The maximum atomic E-state index is 11.5. The Bertz CT molecular complexity index is 480. The summed E-state index contributed by atoms with van der Waals surface area (Å²) in [6.07, 6.45) is 1.51. The van der Waals surface area contributed by atoms with Crippen molar-refractivity contribution in [3.05, 3.63) is 17.5 Å². The average molecular weight is 261 g/mol. The van der Waals surface area contributed by atoms with Crippen LogP contribution < -0.4 is 4.72 Å². The van der Waals surface area contributed by atoms with E-state index in [-0.39, 0.29) is 25.1 Å². The summed E-state index contributed by atoms with van der Waals surface area (Å²) in [5.41, 5.74) is 1.57. The SMILES string of the molecule is Cc1[nH]ncc1CNS(=O)(=O)CCCC(=O)O. The molecule has 0 spiro atoms. The van der Waals surface area contributed by atoms with Crippen molar-refractivity contribution in [3.63, 3.8) is 0 Å². The first-order valence-corrected chi connectivity index (χ1v) is 6.74. The third-order valence-electron chi connectivity index (χ3n) is 2.22. The van der Waals surface area contributed by atoms with Gasteiger partial charge in [0.25, 0.3) is 0 Å². The second-order valence-electron chi connectivity index (χ2n) is 3.66. The van der Waals surface area contributed by atoms with Gasteiger partial charge in [-0.1, -0.05) is 0 Å². The summed E-state index contributed by atoms with van der Waals surface area (Å²) in [6, 6.07) is 0. The molecular weight excluding hydrogens is 246 g/mol. The number of aryl methyl sites for hydroxylation is 1. The molecule has 0 bridgehead atoms. The van der Waals surface area contributed by atoms with Crippen LogP contribution in [0.2, 0.25) is 0 Å². The lowest BCUT2D eigenvalue weighted by Gasteiger charge is -2.05. The van der Waals surface area contributed by atoms with E-state index in [1.807, 2.05) is 0 Å². The Kier molecular flexibility index (Phi) is 4.64. The fourth-order valence-electron chi connectivity index (χ4n) is 1.23. The van der Waals surface area contributed by atoms with Crippen molar-refractivity contribution < 1.29 is 18.3 Å². The highest BCUT2D eigenvalue weighted by Crippen LogP contribution is 2.03. The molecule has 0 aliphatic rings. The number of aliphatic carboxylic acids is 1. The summed E-state index contributed by atoms with van der Waals surface area (Å²) >= 11 is 0. The monoisotopic (exact) mass is 261 g/mol. The minimum absolute atomic E-state index is 0.106. The van der Waals surface area contributed by atoms with Crippen LogP contribution in [-0.2, 0) is 21.4 Å². The van der Waals surface area contributed by atoms with Crippen LogP contribution in [0.15, 0.2) is 6.20 Å². The normalized spacial score (nSPS) is 11.6. The molecule has 1 heterocycles. The standard InChI is InChI=1S/C9H15N3O4S/c1-7-8(5-10-12-7)6-11-17(15,16)4-2-3-9(13)14/h5,11H,2-4,6H2,1H3,(H,10,12)(H,13,14). The zero-order valence-corrected chi connectivity index (χ0v) is 10.2. The van der Waals surface area contributed by atoms with Crippen molar-refractivity contribution in [2.24, 2.45) is 0 Å². The number of carboxylic acids is 1. The molecule has 8 heteroatoms. The summed E-state index contributed by atoms with van der Waals surface area (Å²) in [5, 5.41) is 14.9. The van der Waals surface area contributed by atoms with Gasteiger partial charge in [0.2, 0.25) is 10.0 Å². The number of sulfonamides is 1. The molecule has 1 aromatic heterocycles. The number of nitrogens with one attached hydrogen (secondary N) is 2. The van der Waals surface area contributed by atoms with Gasteiger partial charge in [-0.3, -0.25) is 9.89 Å². The van der Waals surface area contributed by atoms with Crippen LogP contribution in [0, 0.1) is 6.92 Å². The number of hydrogen-bond acceptors (Lipinski definition) is 4. The first-order chi connectivity index (χ1) is 7.91. The van der Waals surface area contributed by atoms with E-state index in [0.717, 1.165) is 11.3 Å². The van der Waals surface area contributed by atoms with Crippen LogP contribution in [0.1, 0.15) is 24.1 Å². The number of H-pyrrole nitrogens is 1. The second kappa shape index (κ2) is 5.78. The largest absolute Gasteiger partial charge is 0.481 e. The van der Waals surface area contributed by atoms with Crippen LogP contribution in [0.25, 0.3) is 0 Å². The van der Waals surface area contributed by atoms with Gasteiger partial charge in [0.05, 0.1) is 11.9 Å². The quantitative estimate of drug-likeness (QED) is 0.639. The lowest BCUT2D eigenvalue weighted by atomic mass is 10.3. The minimum Gasteiger partial charge on any atom is -0.481 e. The van der Waals surface area contributed by atoms with E-state index in [1.54, 1.807) is 13.1 Å². The van der Waals surface area contributed by atoms with Gasteiger partial charge in [0, 0.05) is 24.2 Å². The van der Waals surface area contributed by atoms with Crippen LogP contribution in [0.4, 0.5) is 0 Å².